The third-order valence-electron chi connectivity index (χ3n) is 2.01. The van der Waals surface area contributed by atoms with E-state index in [0.29, 0.717) is 12.0 Å². The zero-order valence-corrected chi connectivity index (χ0v) is 8.96. The summed E-state index contributed by atoms with van der Waals surface area (Å²) in [5.74, 6) is 0.575. The molecule has 0 aromatic heterocycles. The Hall–Kier alpha value is -0.820. The maximum atomic E-state index is 3.74. The molecule has 0 radical (unpaired) electrons. The summed E-state index contributed by atoms with van der Waals surface area (Å²) in [6.45, 7) is 8.02. The van der Waals surface area contributed by atoms with Crippen LogP contribution in [0.15, 0.2) is 37.0 Å². The third kappa shape index (κ3) is 7.54. The highest BCUT2D eigenvalue weighted by Gasteiger charge is 1.89. The van der Waals surface area contributed by atoms with Gasteiger partial charge in [-0.15, -0.1) is 6.58 Å². The maximum Gasteiger partial charge on any atom is 0.0221 e. The number of rotatable bonds is 6. The van der Waals surface area contributed by atoms with E-state index < -0.39 is 0 Å². The monoisotopic (exact) mass is 179 g/mol. The van der Waals surface area contributed by atoms with Crippen molar-refractivity contribution in [1.82, 2.24) is 5.32 Å². The Morgan fingerprint density at radius 2 is 2.00 bits per heavy atom. The van der Waals surface area contributed by atoms with Crippen LogP contribution in [0.1, 0.15) is 20.3 Å². The minimum atomic E-state index is 0.446. The van der Waals surface area contributed by atoms with E-state index in [-0.39, 0.29) is 0 Å². The van der Waals surface area contributed by atoms with Gasteiger partial charge in [0.1, 0.15) is 0 Å². The fourth-order valence-electron chi connectivity index (χ4n) is 0.795. The largest absolute Gasteiger partial charge is 0.314 e. The van der Waals surface area contributed by atoms with Gasteiger partial charge in [-0.3, -0.25) is 0 Å². The van der Waals surface area contributed by atoms with Gasteiger partial charge in [-0.1, -0.05) is 37.3 Å². The Labute approximate surface area is 82.2 Å². The average Bonchev–Trinajstić information content (AvgIpc) is 2.16. The second-order valence-corrected chi connectivity index (χ2v) is 3.34. The van der Waals surface area contributed by atoms with Crippen molar-refractivity contribution in [2.24, 2.45) is 5.92 Å². The van der Waals surface area contributed by atoms with Crippen molar-refractivity contribution < 1.29 is 0 Å². The van der Waals surface area contributed by atoms with Gasteiger partial charge < -0.3 is 5.32 Å². The van der Waals surface area contributed by atoms with Gasteiger partial charge in [-0.05, 0) is 26.3 Å². The van der Waals surface area contributed by atoms with Crippen LogP contribution in [0, 0.1) is 5.92 Å². The Balaban J connectivity index is 3.62. The molecule has 0 heterocycles. The minimum absolute atomic E-state index is 0.446. The molecule has 0 bridgehead atoms. The fraction of sp³-hybridized carbons (Fsp3) is 0.500. The van der Waals surface area contributed by atoms with Crippen LogP contribution < -0.4 is 5.32 Å². The topological polar surface area (TPSA) is 12.0 Å². The van der Waals surface area contributed by atoms with Crippen LogP contribution in [-0.4, -0.2) is 13.1 Å². The van der Waals surface area contributed by atoms with E-state index >= 15 is 0 Å². The molecular weight excluding hydrogens is 158 g/mol. The average molecular weight is 179 g/mol. The molecule has 0 saturated heterocycles. The molecule has 0 aromatic rings. The lowest BCUT2D eigenvalue weighted by molar-refractivity contribution is 0.728. The van der Waals surface area contributed by atoms with E-state index in [1.54, 1.807) is 0 Å². The molecule has 0 amide bonds. The molecular formula is C12H21N. The molecule has 0 fully saturated rings. The van der Waals surface area contributed by atoms with Crippen molar-refractivity contribution in [3.8, 4) is 0 Å². The highest BCUT2D eigenvalue weighted by atomic mass is 14.8. The van der Waals surface area contributed by atoms with E-state index in [4.69, 9.17) is 0 Å². The van der Waals surface area contributed by atoms with Crippen LogP contribution in [0.4, 0.5) is 0 Å². The first-order valence-corrected chi connectivity index (χ1v) is 4.83. The molecule has 0 aliphatic rings. The first-order valence-electron chi connectivity index (χ1n) is 4.83. The predicted molar refractivity (Wildman–Crippen MR) is 60.8 cm³/mol. The molecule has 0 saturated carbocycles. The molecule has 0 aliphatic carbocycles. The van der Waals surface area contributed by atoms with E-state index in [2.05, 4.69) is 50.0 Å². The molecule has 0 aliphatic heterocycles. The van der Waals surface area contributed by atoms with Crippen molar-refractivity contribution in [3.63, 3.8) is 0 Å². The Kier molecular flexibility index (Phi) is 7.32. The summed E-state index contributed by atoms with van der Waals surface area (Å²) in [6, 6.07) is 0.446. The quantitative estimate of drug-likeness (QED) is 0.488. The predicted octanol–water partition coefficient (Wildman–Crippen LogP) is 2.92. The molecule has 1 nitrogen and oxygen atoms in total. The Bertz CT molecular complexity index is 180. The van der Waals surface area contributed by atoms with E-state index in [9.17, 15) is 0 Å². The Morgan fingerprint density at radius 3 is 2.54 bits per heavy atom. The normalized spacial score (nSPS) is 16.5. The SMILES string of the molecule is C=CC(C)C/C=C\C=C/C(C)NC. The summed E-state index contributed by atoms with van der Waals surface area (Å²) < 4.78 is 0. The number of allylic oxidation sites excluding steroid dienone is 4. The third-order valence-corrected chi connectivity index (χ3v) is 2.01. The van der Waals surface area contributed by atoms with Crippen LogP contribution in [0.5, 0.6) is 0 Å². The van der Waals surface area contributed by atoms with Crippen molar-refractivity contribution in [2.45, 2.75) is 26.3 Å². The van der Waals surface area contributed by atoms with E-state index in [1.165, 1.54) is 0 Å². The maximum absolute atomic E-state index is 3.74. The van der Waals surface area contributed by atoms with Crippen LogP contribution in [0.3, 0.4) is 0 Å². The zero-order chi connectivity index (χ0) is 10.1. The number of likely N-dealkylation sites (N-methyl/N-ethyl adjacent to an activating group) is 1. The standard InChI is InChI=1S/C12H21N/c1-5-11(2)9-7-6-8-10-12(3)13-4/h5-8,10-13H,1,9H2,2-4H3/b7-6-,10-8-. The lowest BCUT2D eigenvalue weighted by Gasteiger charge is -2.00. The zero-order valence-electron chi connectivity index (χ0n) is 8.96. The van der Waals surface area contributed by atoms with Gasteiger partial charge in [0, 0.05) is 6.04 Å². The molecule has 2 unspecified atom stereocenters. The summed E-state index contributed by atoms with van der Waals surface area (Å²) in [5, 5.41) is 3.14. The highest BCUT2D eigenvalue weighted by Crippen LogP contribution is 2.02. The lowest BCUT2D eigenvalue weighted by atomic mass is 10.1. The molecule has 1 N–H and O–H groups in total. The molecule has 0 aromatic carbocycles. The first-order chi connectivity index (χ1) is 6.20. The fourth-order valence-corrected chi connectivity index (χ4v) is 0.795. The summed E-state index contributed by atoms with van der Waals surface area (Å²) in [5.41, 5.74) is 0. The van der Waals surface area contributed by atoms with Gasteiger partial charge in [0.05, 0.1) is 0 Å². The van der Waals surface area contributed by atoms with Crippen molar-refractivity contribution in [1.29, 1.82) is 0 Å². The smallest absolute Gasteiger partial charge is 0.0221 e. The second kappa shape index (κ2) is 7.81. The summed E-state index contributed by atoms with van der Waals surface area (Å²) >= 11 is 0. The minimum Gasteiger partial charge on any atom is -0.314 e. The van der Waals surface area contributed by atoms with Crippen molar-refractivity contribution in [3.05, 3.63) is 37.0 Å². The number of hydrogen-bond donors (Lipinski definition) is 1. The Morgan fingerprint density at radius 1 is 1.31 bits per heavy atom. The van der Waals surface area contributed by atoms with Crippen LogP contribution >= 0.6 is 0 Å². The summed E-state index contributed by atoms with van der Waals surface area (Å²) in [4.78, 5) is 0. The van der Waals surface area contributed by atoms with Gasteiger partial charge >= 0.3 is 0 Å². The second-order valence-electron chi connectivity index (χ2n) is 3.34. The van der Waals surface area contributed by atoms with Gasteiger partial charge in [-0.25, -0.2) is 0 Å². The van der Waals surface area contributed by atoms with Crippen molar-refractivity contribution in [2.75, 3.05) is 7.05 Å². The number of nitrogens with one attached hydrogen (secondary N) is 1. The van der Waals surface area contributed by atoms with Crippen LogP contribution in [0.25, 0.3) is 0 Å². The van der Waals surface area contributed by atoms with Crippen LogP contribution in [-0.2, 0) is 0 Å². The molecule has 0 spiro atoms. The molecule has 74 valence electrons. The van der Waals surface area contributed by atoms with Gasteiger partial charge in [0.25, 0.3) is 0 Å². The van der Waals surface area contributed by atoms with Gasteiger partial charge in [0.15, 0.2) is 0 Å². The first kappa shape index (κ1) is 12.2. The van der Waals surface area contributed by atoms with Crippen LogP contribution in [0.2, 0.25) is 0 Å². The lowest BCUT2D eigenvalue weighted by Crippen LogP contribution is -2.17. The van der Waals surface area contributed by atoms with Gasteiger partial charge in [0.2, 0.25) is 0 Å². The number of hydrogen-bond acceptors (Lipinski definition) is 1. The molecule has 2 atom stereocenters. The molecule has 1 heteroatoms. The summed E-state index contributed by atoms with van der Waals surface area (Å²) in [7, 11) is 1.96. The van der Waals surface area contributed by atoms with Crippen molar-refractivity contribution >= 4 is 0 Å². The van der Waals surface area contributed by atoms with E-state index in [0.717, 1.165) is 6.42 Å². The van der Waals surface area contributed by atoms with E-state index in [1.807, 2.05) is 13.1 Å². The van der Waals surface area contributed by atoms with Gasteiger partial charge in [-0.2, -0.15) is 0 Å². The molecule has 13 heavy (non-hydrogen) atoms. The highest BCUT2D eigenvalue weighted by molar-refractivity contribution is 5.06. The summed E-state index contributed by atoms with van der Waals surface area (Å²) in [6.07, 6.45) is 11.5. The molecule has 0 rings (SSSR count).